The molecule has 28 heavy (non-hydrogen) atoms. The van der Waals surface area contributed by atoms with E-state index in [1.54, 1.807) is 23.9 Å². The van der Waals surface area contributed by atoms with Gasteiger partial charge in [-0.1, -0.05) is 12.1 Å². The van der Waals surface area contributed by atoms with E-state index in [1.165, 1.54) is 0 Å². The summed E-state index contributed by atoms with van der Waals surface area (Å²) >= 11 is 1.58. The minimum atomic E-state index is -0.274. The van der Waals surface area contributed by atoms with Crippen LogP contribution in [0.25, 0.3) is 10.2 Å². The third-order valence-corrected chi connectivity index (χ3v) is 5.29. The molecular weight excluding hydrogens is 374 g/mol. The van der Waals surface area contributed by atoms with E-state index in [2.05, 4.69) is 15.6 Å². The Labute approximate surface area is 165 Å². The number of anilines is 1. The number of hydrogen-bond acceptors (Lipinski definition) is 4. The van der Waals surface area contributed by atoms with Crippen molar-refractivity contribution in [3.63, 3.8) is 0 Å². The van der Waals surface area contributed by atoms with Crippen molar-refractivity contribution in [2.75, 3.05) is 11.9 Å². The smallest absolute Gasteiger partial charge is 0.268 e. The summed E-state index contributed by atoms with van der Waals surface area (Å²) in [6, 6.07) is 11.4. The van der Waals surface area contributed by atoms with Crippen molar-refractivity contribution in [3.05, 3.63) is 71.8 Å². The van der Waals surface area contributed by atoms with Gasteiger partial charge in [-0.2, -0.15) is 0 Å². The van der Waals surface area contributed by atoms with Gasteiger partial charge in [0.25, 0.3) is 5.91 Å². The number of aryl methyl sites for hydroxylation is 1. The molecule has 0 atom stereocenters. The molecule has 0 fully saturated rings. The van der Waals surface area contributed by atoms with Crippen LogP contribution in [0, 0.1) is 0 Å². The number of nitrogens with one attached hydrogen (secondary N) is 2. The fourth-order valence-corrected chi connectivity index (χ4v) is 3.91. The Morgan fingerprint density at radius 3 is 2.89 bits per heavy atom. The van der Waals surface area contributed by atoms with E-state index >= 15 is 0 Å². The highest BCUT2D eigenvalue weighted by Crippen LogP contribution is 2.24. The van der Waals surface area contributed by atoms with Crippen LogP contribution in [0.3, 0.4) is 0 Å². The Balaban J connectivity index is 1.34. The molecule has 0 aliphatic rings. The van der Waals surface area contributed by atoms with Gasteiger partial charge in [-0.25, -0.2) is 4.98 Å². The maximum absolute atomic E-state index is 12.4. The Bertz CT molecular complexity index is 1130. The Hall–Kier alpha value is -3.39. The molecule has 0 unspecified atom stereocenters. The van der Waals surface area contributed by atoms with E-state index in [0.29, 0.717) is 17.9 Å². The zero-order valence-electron chi connectivity index (χ0n) is 15.3. The molecule has 0 radical (unpaired) electrons. The minimum Gasteiger partial charge on any atom is -0.342 e. The zero-order valence-corrected chi connectivity index (χ0v) is 16.1. The van der Waals surface area contributed by atoms with Gasteiger partial charge < -0.3 is 19.8 Å². The van der Waals surface area contributed by atoms with Gasteiger partial charge in [0.05, 0.1) is 23.1 Å². The summed E-state index contributed by atoms with van der Waals surface area (Å²) in [4.78, 5) is 28.7. The monoisotopic (exact) mass is 393 g/mol. The molecule has 3 heterocycles. The number of nitrogens with zero attached hydrogens (tertiary/aromatic N) is 3. The number of hydrogen-bond donors (Lipinski definition) is 2. The molecule has 3 aromatic heterocycles. The number of carbonyl (C=O) groups is 2. The zero-order chi connectivity index (χ0) is 19.5. The summed E-state index contributed by atoms with van der Waals surface area (Å²) in [5.41, 5.74) is 3.28. The summed E-state index contributed by atoms with van der Waals surface area (Å²) in [5, 5.41) is 7.49. The normalized spacial score (nSPS) is 10.9. The molecule has 142 valence electrons. The molecule has 0 spiro atoms. The summed E-state index contributed by atoms with van der Waals surface area (Å²) in [5.74, 6) is -0.543. The fourth-order valence-electron chi connectivity index (χ4n) is 3.06. The van der Waals surface area contributed by atoms with Crippen molar-refractivity contribution >= 4 is 39.1 Å². The number of thiophene rings is 1. The summed E-state index contributed by atoms with van der Waals surface area (Å²) in [6.07, 6.45) is 5.35. The van der Waals surface area contributed by atoms with Gasteiger partial charge in [0, 0.05) is 31.7 Å². The molecule has 4 rings (SSSR count). The van der Waals surface area contributed by atoms with E-state index < -0.39 is 0 Å². The van der Waals surface area contributed by atoms with Crippen LogP contribution < -0.4 is 10.6 Å². The molecule has 0 saturated heterocycles. The standard InChI is InChI=1S/C20H19N5O2S/c1-24-16-5-8-28-18(16)10-17(24)20(27)22-11-19(26)23-15-4-2-3-14(9-15)12-25-7-6-21-13-25/h2-10,13H,11-12H2,1H3,(H,22,27)(H,23,26). The van der Waals surface area contributed by atoms with Gasteiger partial charge in [-0.3, -0.25) is 9.59 Å². The average Bonchev–Trinajstić information content (AvgIpc) is 3.40. The van der Waals surface area contributed by atoms with Gasteiger partial charge in [-0.05, 0) is 35.2 Å². The molecule has 0 bridgehead atoms. The summed E-state index contributed by atoms with van der Waals surface area (Å²) < 4.78 is 4.83. The first-order valence-corrected chi connectivity index (χ1v) is 9.64. The van der Waals surface area contributed by atoms with Gasteiger partial charge in [0.15, 0.2) is 0 Å². The van der Waals surface area contributed by atoms with Crippen molar-refractivity contribution in [2.24, 2.45) is 7.05 Å². The van der Waals surface area contributed by atoms with Gasteiger partial charge in [-0.15, -0.1) is 11.3 Å². The molecule has 0 aliphatic heterocycles. The van der Waals surface area contributed by atoms with Gasteiger partial charge in [0.1, 0.15) is 5.69 Å². The third-order valence-electron chi connectivity index (χ3n) is 4.44. The number of fused-ring (bicyclic) bond motifs is 1. The maximum atomic E-state index is 12.4. The summed E-state index contributed by atoms with van der Waals surface area (Å²) in [7, 11) is 1.84. The number of amides is 2. The van der Waals surface area contributed by atoms with Crippen LogP contribution in [-0.2, 0) is 18.4 Å². The molecule has 2 amide bonds. The lowest BCUT2D eigenvalue weighted by atomic mass is 10.2. The van der Waals surface area contributed by atoms with E-state index in [9.17, 15) is 9.59 Å². The van der Waals surface area contributed by atoms with E-state index in [4.69, 9.17) is 0 Å². The molecule has 2 N–H and O–H groups in total. The highest BCUT2D eigenvalue weighted by atomic mass is 32.1. The molecule has 0 aliphatic carbocycles. The number of carbonyl (C=O) groups excluding carboxylic acids is 2. The second-order valence-electron chi connectivity index (χ2n) is 6.42. The third kappa shape index (κ3) is 3.81. The van der Waals surface area contributed by atoms with Crippen LogP contribution in [-0.4, -0.2) is 32.5 Å². The lowest BCUT2D eigenvalue weighted by Crippen LogP contribution is -2.33. The largest absolute Gasteiger partial charge is 0.342 e. The van der Waals surface area contributed by atoms with Gasteiger partial charge >= 0.3 is 0 Å². The lowest BCUT2D eigenvalue weighted by molar-refractivity contribution is -0.115. The Morgan fingerprint density at radius 1 is 1.21 bits per heavy atom. The van der Waals surface area contributed by atoms with Gasteiger partial charge in [0.2, 0.25) is 5.91 Å². The van der Waals surface area contributed by atoms with Crippen molar-refractivity contribution in [3.8, 4) is 0 Å². The molecule has 7 nitrogen and oxygen atoms in total. The van der Waals surface area contributed by atoms with E-state index in [1.807, 2.05) is 64.2 Å². The average molecular weight is 393 g/mol. The highest BCUT2D eigenvalue weighted by molar-refractivity contribution is 7.17. The minimum absolute atomic E-state index is 0.0938. The van der Waals surface area contributed by atoms with Crippen LogP contribution in [0.4, 0.5) is 5.69 Å². The van der Waals surface area contributed by atoms with Crippen molar-refractivity contribution in [1.29, 1.82) is 0 Å². The molecule has 0 saturated carbocycles. The summed E-state index contributed by atoms with van der Waals surface area (Å²) in [6.45, 7) is 0.578. The fraction of sp³-hybridized carbons (Fsp3) is 0.150. The molecule has 4 aromatic rings. The van der Waals surface area contributed by atoms with Crippen LogP contribution in [0.15, 0.2) is 60.5 Å². The first-order chi connectivity index (χ1) is 13.6. The number of benzene rings is 1. The second-order valence-corrected chi connectivity index (χ2v) is 7.37. The number of rotatable bonds is 6. The first-order valence-electron chi connectivity index (χ1n) is 8.76. The molecule has 1 aromatic carbocycles. The predicted octanol–water partition coefficient (Wildman–Crippen LogP) is 2.85. The number of aromatic nitrogens is 3. The SMILES string of the molecule is Cn1c(C(=O)NCC(=O)Nc2cccc(Cn3ccnc3)c2)cc2sccc21. The molecular formula is C20H19N5O2S. The maximum Gasteiger partial charge on any atom is 0.268 e. The van der Waals surface area contributed by atoms with E-state index in [0.717, 1.165) is 15.8 Å². The van der Waals surface area contributed by atoms with Crippen LogP contribution in [0.1, 0.15) is 16.1 Å². The Kier molecular flexibility index (Phi) is 4.94. The second kappa shape index (κ2) is 7.69. The van der Waals surface area contributed by atoms with Crippen molar-refractivity contribution in [2.45, 2.75) is 6.54 Å². The van der Waals surface area contributed by atoms with Crippen molar-refractivity contribution in [1.82, 2.24) is 19.4 Å². The number of imidazole rings is 1. The van der Waals surface area contributed by atoms with Crippen molar-refractivity contribution < 1.29 is 9.59 Å². The predicted molar refractivity (Wildman–Crippen MR) is 110 cm³/mol. The highest BCUT2D eigenvalue weighted by Gasteiger charge is 2.15. The first kappa shape index (κ1) is 18.0. The Morgan fingerprint density at radius 2 is 2.11 bits per heavy atom. The lowest BCUT2D eigenvalue weighted by Gasteiger charge is -2.09. The quantitative estimate of drug-likeness (QED) is 0.529. The van der Waals surface area contributed by atoms with Crippen LogP contribution in [0.5, 0.6) is 0 Å². The topological polar surface area (TPSA) is 81.0 Å². The molecule has 8 heteroatoms. The van der Waals surface area contributed by atoms with Crippen LogP contribution >= 0.6 is 11.3 Å². The van der Waals surface area contributed by atoms with Crippen LogP contribution in [0.2, 0.25) is 0 Å². The van der Waals surface area contributed by atoms with E-state index in [-0.39, 0.29) is 18.4 Å².